The van der Waals surface area contributed by atoms with Gasteiger partial charge in [-0.1, -0.05) is 0 Å². The third kappa shape index (κ3) is 1.20. The zero-order valence-corrected chi connectivity index (χ0v) is 5.98. The van der Waals surface area contributed by atoms with E-state index in [4.69, 9.17) is 15.5 Å². The lowest BCUT2D eigenvalue weighted by molar-refractivity contribution is 0.112. The van der Waals surface area contributed by atoms with Crippen LogP contribution in [-0.4, -0.2) is 16.5 Å². The number of phenols is 2. The van der Waals surface area contributed by atoms with Crippen molar-refractivity contribution in [3.8, 4) is 17.6 Å². The van der Waals surface area contributed by atoms with Crippen molar-refractivity contribution in [3.63, 3.8) is 0 Å². The molecule has 0 aliphatic heterocycles. The molecule has 0 aliphatic carbocycles. The van der Waals surface area contributed by atoms with Gasteiger partial charge in [-0.3, -0.25) is 4.79 Å². The number of carbonyl (C=O) groups is 1. The number of aromatic hydroxyl groups is 2. The zero-order valence-electron chi connectivity index (χ0n) is 5.98. The topological polar surface area (TPSA) is 81.3 Å². The van der Waals surface area contributed by atoms with E-state index in [1.54, 1.807) is 6.07 Å². The molecule has 0 aliphatic rings. The number of nitriles is 1. The summed E-state index contributed by atoms with van der Waals surface area (Å²) in [5.74, 6) is -0.629. The molecular formula is C8H5NO3. The monoisotopic (exact) mass is 163 g/mol. The molecule has 0 aromatic heterocycles. The number of rotatable bonds is 1. The number of carbonyl (C=O) groups excluding carboxylic acids is 1. The van der Waals surface area contributed by atoms with Crippen LogP contribution in [0.4, 0.5) is 0 Å². The number of phenolic OH excluding ortho intramolecular Hbond substituents is 2. The van der Waals surface area contributed by atoms with Gasteiger partial charge in [0.25, 0.3) is 0 Å². The molecule has 1 rings (SSSR count). The highest BCUT2D eigenvalue weighted by atomic mass is 16.3. The van der Waals surface area contributed by atoms with Gasteiger partial charge in [-0.15, -0.1) is 0 Å². The first kappa shape index (κ1) is 8.08. The average molecular weight is 163 g/mol. The molecule has 4 heteroatoms. The van der Waals surface area contributed by atoms with Crippen molar-refractivity contribution in [1.29, 1.82) is 5.26 Å². The van der Waals surface area contributed by atoms with Gasteiger partial charge in [-0.2, -0.15) is 5.26 Å². The van der Waals surface area contributed by atoms with Crippen LogP contribution in [0.5, 0.6) is 11.5 Å². The minimum absolute atomic E-state index is 0.0394. The van der Waals surface area contributed by atoms with Crippen LogP contribution < -0.4 is 0 Å². The van der Waals surface area contributed by atoms with Crippen LogP contribution in [0, 0.1) is 11.3 Å². The predicted octanol–water partition coefficient (Wildman–Crippen LogP) is 0.782. The highest BCUT2D eigenvalue weighted by molar-refractivity contribution is 5.83. The van der Waals surface area contributed by atoms with E-state index in [-0.39, 0.29) is 22.6 Å². The lowest BCUT2D eigenvalue weighted by Crippen LogP contribution is -1.87. The largest absolute Gasteiger partial charge is 0.508 e. The summed E-state index contributed by atoms with van der Waals surface area (Å²) in [7, 11) is 0. The summed E-state index contributed by atoms with van der Waals surface area (Å²) in [5, 5.41) is 26.4. The van der Waals surface area contributed by atoms with Gasteiger partial charge in [0, 0.05) is 6.07 Å². The van der Waals surface area contributed by atoms with Crippen molar-refractivity contribution in [2.24, 2.45) is 0 Å². The first-order chi connectivity index (χ1) is 5.69. The van der Waals surface area contributed by atoms with Crippen molar-refractivity contribution in [1.82, 2.24) is 0 Å². The van der Waals surface area contributed by atoms with Crippen molar-refractivity contribution in [3.05, 3.63) is 23.3 Å². The number of hydrogen-bond donors (Lipinski definition) is 2. The van der Waals surface area contributed by atoms with Gasteiger partial charge in [0.1, 0.15) is 17.6 Å². The van der Waals surface area contributed by atoms with E-state index in [0.717, 1.165) is 12.1 Å². The molecule has 1 aromatic rings. The molecule has 0 spiro atoms. The number of hydrogen-bond acceptors (Lipinski definition) is 4. The van der Waals surface area contributed by atoms with E-state index < -0.39 is 0 Å². The van der Waals surface area contributed by atoms with Crippen LogP contribution in [0.2, 0.25) is 0 Å². The fraction of sp³-hybridized carbons (Fsp3) is 0. The molecule has 0 fully saturated rings. The summed E-state index contributed by atoms with van der Waals surface area (Å²) in [6.07, 6.45) is 0.368. The van der Waals surface area contributed by atoms with Crippen molar-refractivity contribution < 1.29 is 15.0 Å². The molecule has 0 saturated heterocycles. The molecular weight excluding hydrogens is 158 g/mol. The summed E-state index contributed by atoms with van der Waals surface area (Å²) in [6.45, 7) is 0. The van der Waals surface area contributed by atoms with E-state index in [9.17, 15) is 4.79 Å². The quantitative estimate of drug-likeness (QED) is 0.599. The Morgan fingerprint density at radius 1 is 1.42 bits per heavy atom. The Bertz CT molecular complexity index is 365. The summed E-state index contributed by atoms with van der Waals surface area (Å²) < 4.78 is 0. The fourth-order valence-electron chi connectivity index (χ4n) is 0.839. The molecule has 0 heterocycles. The Balaban J connectivity index is 3.46. The van der Waals surface area contributed by atoms with Crippen LogP contribution in [0.25, 0.3) is 0 Å². The zero-order chi connectivity index (χ0) is 9.14. The molecule has 60 valence electrons. The highest BCUT2D eigenvalue weighted by Crippen LogP contribution is 2.24. The maximum absolute atomic E-state index is 10.3. The summed E-state index contributed by atoms with van der Waals surface area (Å²) >= 11 is 0. The van der Waals surface area contributed by atoms with Gasteiger partial charge in [-0.25, -0.2) is 0 Å². The van der Waals surface area contributed by atoms with Crippen LogP contribution in [0.3, 0.4) is 0 Å². The van der Waals surface area contributed by atoms with Gasteiger partial charge in [0.2, 0.25) is 0 Å². The van der Waals surface area contributed by atoms with Crippen molar-refractivity contribution in [2.75, 3.05) is 0 Å². The fourth-order valence-corrected chi connectivity index (χ4v) is 0.839. The number of nitrogens with zero attached hydrogens (tertiary/aromatic N) is 1. The van der Waals surface area contributed by atoms with Crippen LogP contribution in [-0.2, 0) is 0 Å². The lowest BCUT2D eigenvalue weighted by Gasteiger charge is -1.99. The van der Waals surface area contributed by atoms with E-state index in [2.05, 4.69) is 0 Å². The molecule has 0 amide bonds. The molecule has 0 unspecified atom stereocenters. The molecule has 0 saturated carbocycles. The average Bonchev–Trinajstić information content (AvgIpc) is 2.03. The lowest BCUT2D eigenvalue weighted by atomic mass is 10.1. The van der Waals surface area contributed by atoms with E-state index >= 15 is 0 Å². The maximum atomic E-state index is 10.3. The Labute approximate surface area is 68.3 Å². The normalized spacial score (nSPS) is 8.92. The van der Waals surface area contributed by atoms with E-state index in [0.29, 0.717) is 6.29 Å². The van der Waals surface area contributed by atoms with Gasteiger partial charge < -0.3 is 10.2 Å². The molecule has 4 nitrogen and oxygen atoms in total. The van der Waals surface area contributed by atoms with Crippen LogP contribution >= 0.6 is 0 Å². The Kier molecular flexibility index (Phi) is 1.97. The van der Waals surface area contributed by atoms with Crippen molar-refractivity contribution in [2.45, 2.75) is 0 Å². The SMILES string of the molecule is N#Cc1cc(O)cc(O)c1C=O. The van der Waals surface area contributed by atoms with Gasteiger partial charge >= 0.3 is 0 Å². The minimum Gasteiger partial charge on any atom is -0.508 e. The summed E-state index contributed by atoms with van der Waals surface area (Å²) in [5.41, 5.74) is -0.141. The molecule has 12 heavy (non-hydrogen) atoms. The van der Waals surface area contributed by atoms with Gasteiger partial charge in [0.05, 0.1) is 11.1 Å². The Hall–Kier alpha value is -2.02. The first-order valence-electron chi connectivity index (χ1n) is 3.10. The first-order valence-corrected chi connectivity index (χ1v) is 3.10. The molecule has 0 radical (unpaired) electrons. The second-order valence-electron chi connectivity index (χ2n) is 2.16. The molecule has 1 aromatic carbocycles. The standard InChI is InChI=1S/C8H5NO3/c9-3-5-1-6(11)2-8(12)7(5)4-10/h1-2,4,11-12H. The van der Waals surface area contributed by atoms with Gasteiger partial charge in [0.15, 0.2) is 6.29 Å². The highest BCUT2D eigenvalue weighted by Gasteiger charge is 2.08. The molecule has 0 atom stereocenters. The van der Waals surface area contributed by atoms with Crippen LogP contribution in [0.15, 0.2) is 12.1 Å². The predicted molar refractivity (Wildman–Crippen MR) is 39.9 cm³/mol. The van der Waals surface area contributed by atoms with E-state index in [1.165, 1.54) is 0 Å². The Morgan fingerprint density at radius 3 is 2.58 bits per heavy atom. The second-order valence-corrected chi connectivity index (χ2v) is 2.16. The third-order valence-electron chi connectivity index (χ3n) is 1.38. The van der Waals surface area contributed by atoms with Crippen LogP contribution in [0.1, 0.15) is 15.9 Å². The smallest absolute Gasteiger partial charge is 0.155 e. The third-order valence-corrected chi connectivity index (χ3v) is 1.38. The Morgan fingerprint density at radius 2 is 2.08 bits per heavy atom. The van der Waals surface area contributed by atoms with E-state index in [1.807, 2.05) is 0 Å². The maximum Gasteiger partial charge on any atom is 0.155 e. The van der Waals surface area contributed by atoms with Crippen molar-refractivity contribution >= 4 is 6.29 Å². The summed E-state index contributed by atoms with van der Waals surface area (Å²) in [4.78, 5) is 10.3. The molecule has 0 bridgehead atoms. The summed E-state index contributed by atoms with van der Waals surface area (Å²) in [6, 6.07) is 3.80. The minimum atomic E-state index is -0.387. The number of benzene rings is 1. The van der Waals surface area contributed by atoms with Gasteiger partial charge in [-0.05, 0) is 6.07 Å². The number of aldehydes is 1. The molecule has 2 N–H and O–H groups in total. The second kappa shape index (κ2) is 2.93.